The molecule has 1 heterocycles. The Morgan fingerprint density at radius 2 is 1.81 bits per heavy atom. The minimum Gasteiger partial charge on any atom is -0.343 e. The highest BCUT2D eigenvalue weighted by Crippen LogP contribution is 2.17. The average molecular weight is 390 g/mol. The van der Waals surface area contributed by atoms with Gasteiger partial charge in [0, 0.05) is 17.1 Å². The van der Waals surface area contributed by atoms with Crippen molar-refractivity contribution in [3.05, 3.63) is 65.7 Å². The number of hydrazone groups is 1. The summed E-state index contributed by atoms with van der Waals surface area (Å²) in [6.07, 6.45) is 0. The molecule has 26 heavy (non-hydrogen) atoms. The van der Waals surface area contributed by atoms with Gasteiger partial charge < -0.3 is 5.32 Å². The fraction of sp³-hybridized carbons (Fsp3) is 0.222. The Labute approximate surface area is 157 Å². The molecule has 0 unspecified atom stereocenters. The standard InChI is InChI=1S/C18H19N3O3S2/c1-13-7-9-15(10-8-13)26(23,24)21-20-17-12-25-11-16(17)19-18(22)14-5-3-2-4-6-14/h2-10,16,21H,11-12H2,1H3,(H,19,22)/b20-17+/t16-/m1/s1. The van der Waals surface area contributed by atoms with E-state index < -0.39 is 10.0 Å². The molecule has 2 aromatic rings. The van der Waals surface area contributed by atoms with Crippen molar-refractivity contribution >= 4 is 33.4 Å². The Morgan fingerprint density at radius 1 is 1.12 bits per heavy atom. The number of hydrogen-bond donors (Lipinski definition) is 2. The van der Waals surface area contributed by atoms with Gasteiger partial charge in [0.1, 0.15) is 0 Å². The first kappa shape index (κ1) is 18.5. The second-order valence-corrected chi connectivity index (χ2v) is 8.61. The molecule has 1 aliphatic rings. The van der Waals surface area contributed by atoms with Gasteiger partial charge >= 0.3 is 0 Å². The molecule has 0 aliphatic carbocycles. The quantitative estimate of drug-likeness (QED) is 0.767. The van der Waals surface area contributed by atoms with Crippen molar-refractivity contribution in [1.29, 1.82) is 0 Å². The number of rotatable bonds is 5. The molecular weight excluding hydrogens is 370 g/mol. The summed E-state index contributed by atoms with van der Waals surface area (Å²) in [6.45, 7) is 1.89. The maximum absolute atomic E-state index is 12.3. The number of nitrogens with zero attached hydrogens (tertiary/aromatic N) is 1. The molecule has 0 bridgehead atoms. The molecule has 0 spiro atoms. The zero-order valence-corrected chi connectivity index (χ0v) is 15.8. The van der Waals surface area contributed by atoms with Gasteiger partial charge in [-0.25, -0.2) is 4.83 Å². The largest absolute Gasteiger partial charge is 0.343 e. The van der Waals surface area contributed by atoms with Crippen molar-refractivity contribution in [2.24, 2.45) is 5.10 Å². The first-order valence-corrected chi connectivity index (χ1v) is 10.7. The maximum atomic E-state index is 12.3. The highest BCUT2D eigenvalue weighted by Gasteiger charge is 2.26. The molecule has 136 valence electrons. The van der Waals surface area contributed by atoms with Crippen LogP contribution in [0.15, 0.2) is 64.6 Å². The van der Waals surface area contributed by atoms with E-state index in [1.54, 1.807) is 48.2 Å². The summed E-state index contributed by atoms with van der Waals surface area (Å²) in [5.41, 5.74) is 2.14. The smallest absolute Gasteiger partial charge is 0.276 e. The van der Waals surface area contributed by atoms with Crippen LogP contribution in [0.5, 0.6) is 0 Å². The van der Waals surface area contributed by atoms with Gasteiger partial charge in [-0.2, -0.15) is 25.3 Å². The summed E-state index contributed by atoms with van der Waals surface area (Å²) in [4.78, 5) is 14.7. The molecule has 0 saturated carbocycles. The second kappa shape index (κ2) is 7.92. The van der Waals surface area contributed by atoms with Crippen LogP contribution in [0.25, 0.3) is 0 Å². The van der Waals surface area contributed by atoms with E-state index in [9.17, 15) is 13.2 Å². The van der Waals surface area contributed by atoms with Gasteiger partial charge in [0.15, 0.2) is 0 Å². The number of carbonyl (C=O) groups is 1. The van der Waals surface area contributed by atoms with Gasteiger partial charge in [0.05, 0.1) is 16.6 Å². The molecule has 6 nitrogen and oxygen atoms in total. The van der Waals surface area contributed by atoms with Crippen LogP contribution in [0.1, 0.15) is 15.9 Å². The second-order valence-electron chi connectivity index (χ2n) is 5.92. The topological polar surface area (TPSA) is 87.6 Å². The molecule has 8 heteroatoms. The summed E-state index contributed by atoms with van der Waals surface area (Å²) < 4.78 is 24.7. The van der Waals surface area contributed by atoms with Crippen LogP contribution in [-0.4, -0.2) is 37.6 Å². The molecular formula is C18H19N3O3S2. The minimum absolute atomic E-state index is 0.156. The summed E-state index contributed by atoms with van der Waals surface area (Å²) in [5, 5.41) is 6.97. The molecule has 1 atom stereocenters. The van der Waals surface area contributed by atoms with E-state index in [1.807, 2.05) is 13.0 Å². The number of carbonyl (C=O) groups excluding carboxylic acids is 1. The lowest BCUT2D eigenvalue weighted by molar-refractivity contribution is 0.0950. The van der Waals surface area contributed by atoms with Crippen molar-refractivity contribution < 1.29 is 13.2 Å². The number of hydrogen-bond acceptors (Lipinski definition) is 5. The lowest BCUT2D eigenvalue weighted by Crippen LogP contribution is -2.41. The summed E-state index contributed by atoms with van der Waals surface area (Å²) in [6, 6.07) is 15.1. The zero-order valence-electron chi connectivity index (χ0n) is 14.2. The van der Waals surface area contributed by atoms with Crippen molar-refractivity contribution in [1.82, 2.24) is 10.1 Å². The van der Waals surface area contributed by atoms with E-state index in [0.29, 0.717) is 22.8 Å². The predicted octanol–water partition coefficient (Wildman–Crippen LogP) is 2.17. The zero-order chi connectivity index (χ0) is 18.6. The first-order chi connectivity index (χ1) is 12.5. The van der Waals surface area contributed by atoms with Gasteiger partial charge in [-0.3, -0.25) is 4.79 Å². The van der Waals surface area contributed by atoms with Crippen LogP contribution in [0, 0.1) is 6.92 Å². The maximum Gasteiger partial charge on any atom is 0.276 e. The molecule has 1 fully saturated rings. The normalized spacial score (nSPS) is 18.7. The lowest BCUT2D eigenvalue weighted by atomic mass is 10.1. The number of amides is 1. The van der Waals surface area contributed by atoms with E-state index in [4.69, 9.17) is 0 Å². The summed E-state index contributed by atoms with van der Waals surface area (Å²) >= 11 is 1.60. The molecule has 2 aromatic carbocycles. The molecule has 0 radical (unpaired) electrons. The fourth-order valence-electron chi connectivity index (χ4n) is 2.43. The van der Waals surface area contributed by atoms with E-state index in [0.717, 1.165) is 5.56 Å². The minimum atomic E-state index is -3.73. The first-order valence-electron chi connectivity index (χ1n) is 8.04. The number of sulfonamides is 1. The van der Waals surface area contributed by atoms with Gasteiger partial charge in [-0.1, -0.05) is 35.9 Å². The van der Waals surface area contributed by atoms with E-state index in [-0.39, 0.29) is 16.8 Å². The van der Waals surface area contributed by atoms with Gasteiger partial charge in [0.25, 0.3) is 15.9 Å². The molecule has 0 aromatic heterocycles. The molecule has 1 saturated heterocycles. The van der Waals surface area contributed by atoms with Crippen LogP contribution in [-0.2, 0) is 10.0 Å². The van der Waals surface area contributed by atoms with Crippen LogP contribution in [0.3, 0.4) is 0 Å². The van der Waals surface area contributed by atoms with Crippen LogP contribution < -0.4 is 10.1 Å². The lowest BCUT2D eigenvalue weighted by Gasteiger charge is -2.13. The van der Waals surface area contributed by atoms with Gasteiger partial charge in [-0.15, -0.1) is 0 Å². The summed E-state index contributed by atoms with van der Waals surface area (Å²) in [5.74, 6) is 1.02. The Hall–Kier alpha value is -2.32. The Bertz CT molecular complexity index is 910. The van der Waals surface area contributed by atoms with Crippen LogP contribution in [0.4, 0.5) is 0 Å². The van der Waals surface area contributed by atoms with E-state index in [2.05, 4.69) is 15.2 Å². The van der Waals surface area contributed by atoms with Gasteiger partial charge in [0.2, 0.25) is 0 Å². The average Bonchev–Trinajstić information content (AvgIpc) is 3.08. The Kier molecular flexibility index (Phi) is 5.63. The third-order valence-corrected chi connectivity index (χ3v) is 6.21. The van der Waals surface area contributed by atoms with Crippen molar-refractivity contribution in [2.45, 2.75) is 17.9 Å². The predicted molar refractivity (Wildman–Crippen MR) is 104 cm³/mol. The SMILES string of the molecule is Cc1ccc(S(=O)(=O)N/N=C2\CSC[C@H]2NC(=O)c2ccccc2)cc1. The van der Waals surface area contributed by atoms with Crippen LogP contribution in [0.2, 0.25) is 0 Å². The van der Waals surface area contributed by atoms with Crippen molar-refractivity contribution in [3.8, 4) is 0 Å². The van der Waals surface area contributed by atoms with E-state index in [1.165, 1.54) is 12.1 Å². The Balaban J connectivity index is 1.69. The molecule has 1 amide bonds. The fourth-order valence-corrected chi connectivity index (χ4v) is 4.37. The number of nitrogens with one attached hydrogen (secondary N) is 2. The number of benzene rings is 2. The van der Waals surface area contributed by atoms with E-state index >= 15 is 0 Å². The number of aryl methyl sites for hydroxylation is 1. The van der Waals surface area contributed by atoms with Crippen molar-refractivity contribution in [2.75, 3.05) is 11.5 Å². The molecule has 1 aliphatic heterocycles. The highest BCUT2D eigenvalue weighted by atomic mass is 32.2. The van der Waals surface area contributed by atoms with Crippen molar-refractivity contribution in [3.63, 3.8) is 0 Å². The third kappa shape index (κ3) is 4.44. The highest BCUT2D eigenvalue weighted by molar-refractivity contribution is 8.00. The third-order valence-electron chi connectivity index (χ3n) is 3.92. The summed E-state index contributed by atoms with van der Waals surface area (Å²) in [7, 11) is -3.73. The van der Waals surface area contributed by atoms with Gasteiger partial charge in [-0.05, 0) is 31.2 Å². The monoisotopic (exact) mass is 389 g/mol. The molecule has 3 rings (SSSR count). The number of thioether (sulfide) groups is 1. The van der Waals surface area contributed by atoms with Crippen LogP contribution >= 0.6 is 11.8 Å². The molecule has 2 N–H and O–H groups in total. The Morgan fingerprint density at radius 3 is 2.50 bits per heavy atom.